The third-order valence-electron chi connectivity index (χ3n) is 3.96. The second-order valence-corrected chi connectivity index (χ2v) is 5.92. The fourth-order valence-corrected chi connectivity index (χ4v) is 2.59. The molecule has 0 aliphatic carbocycles. The molecule has 9 heteroatoms. The van der Waals surface area contributed by atoms with Crippen molar-refractivity contribution in [3.63, 3.8) is 0 Å². The summed E-state index contributed by atoms with van der Waals surface area (Å²) in [5, 5.41) is 15.4. The maximum Gasteiger partial charge on any atom is 0.357 e. The maximum atomic E-state index is 13.2. The van der Waals surface area contributed by atoms with Crippen molar-refractivity contribution in [1.82, 2.24) is 0 Å². The molecule has 3 aromatic rings. The lowest BCUT2D eigenvalue weighted by Gasteiger charge is -2.17. The normalized spacial score (nSPS) is 10.3. The van der Waals surface area contributed by atoms with Gasteiger partial charge in [0.05, 0.1) is 22.5 Å². The molecule has 0 atom stereocenters. The summed E-state index contributed by atoms with van der Waals surface area (Å²) in [5.74, 6) is 1.62. The topological polar surface area (TPSA) is 114 Å². The molecular formula is C20H15F2N3O4. The summed E-state index contributed by atoms with van der Waals surface area (Å²) in [6.45, 7) is 0. The zero-order valence-corrected chi connectivity index (χ0v) is 14.8. The van der Waals surface area contributed by atoms with Crippen molar-refractivity contribution in [2.24, 2.45) is 5.90 Å². The van der Waals surface area contributed by atoms with E-state index in [-0.39, 0.29) is 22.5 Å². The molecule has 148 valence electrons. The van der Waals surface area contributed by atoms with Crippen LogP contribution in [0.15, 0.2) is 60.7 Å². The van der Waals surface area contributed by atoms with Crippen LogP contribution in [0.1, 0.15) is 20.7 Å². The van der Waals surface area contributed by atoms with Crippen molar-refractivity contribution in [3.05, 3.63) is 83.4 Å². The number of hydrogen-bond acceptors (Lipinski definition) is 6. The van der Waals surface area contributed by atoms with Crippen LogP contribution >= 0.6 is 0 Å². The van der Waals surface area contributed by atoms with Gasteiger partial charge in [-0.1, -0.05) is 0 Å². The Balaban J connectivity index is 2.09. The first-order valence-electron chi connectivity index (χ1n) is 8.25. The van der Waals surface area contributed by atoms with Crippen LogP contribution in [-0.4, -0.2) is 17.0 Å². The van der Waals surface area contributed by atoms with Gasteiger partial charge in [0.15, 0.2) is 0 Å². The summed E-state index contributed by atoms with van der Waals surface area (Å²) in [6.07, 6.45) is 0. The highest BCUT2D eigenvalue weighted by Gasteiger charge is 2.21. The summed E-state index contributed by atoms with van der Waals surface area (Å²) in [7, 11) is 0. The predicted octanol–water partition coefficient (Wildman–Crippen LogP) is 4.18. The largest absolute Gasteiger partial charge is 0.478 e. The zero-order valence-electron chi connectivity index (χ0n) is 14.8. The minimum absolute atomic E-state index is 0.270. The van der Waals surface area contributed by atoms with E-state index in [1.165, 1.54) is 60.7 Å². The van der Waals surface area contributed by atoms with Gasteiger partial charge in [-0.3, -0.25) is 0 Å². The third-order valence-corrected chi connectivity index (χ3v) is 3.96. The third kappa shape index (κ3) is 4.66. The SMILES string of the molecule is NOC(=O)c1cc(Nc2ccc(F)cc2)c(Nc2ccc(F)cc2)cc1C(=O)O. The summed E-state index contributed by atoms with van der Waals surface area (Å²) in [4.78, 5) is 27.7. The Morgan fingerprint density at radius 2 is 1.21 bits per heavy atom. The molecule has 0 heterocycles. The van der Waals surface area contributed by atoms with Gasteiger partial charge in [-0.15, -0.1) is 0 Å². The first-order valence-corrected chi connectivity index (χ1v) is 8.25. The van der Waals surface area contributed by atoms with E-state index in [9.17, 15) is 23.5 Å². The molecule has 0 unspecified atom stereocenters. The Labute approximate surface area is 163 Å². The van der Waals surface area contributed by atoms with Gasteiger partial charge >= 0.3 is 11.9 Å². The minimum Gasteiger partial charge on any atom is -0.478 e. The smallest absolute Gasteiger partial charge is 0.357 e. The highest BCUT2D eigenvalue weighted by molar-refractivity contribution is 6.05. The van der Waals surface area contributed by atoms with Crippen LogP contribution in [0.3, 0.4) is 0 Å². The highest BCUT2D eigenvalue weighted by atomic mass is 19.1. The monoisotopic (exact) mass is 399 g/mol. The van der Waals surface area contributed by atoms with Crippen LogP contribution in [0.5, 0.6) is 0 Å². The van der Waals surface area contributed by atoms with Crippen molar-refractivity contribution in [2.75, 3.05) is 10.6 Å². The molecule has 0 aliphatic heterocycles. The number of benzene rings is 3. The molecule has 0 fully saturated rings. The van der Waals surface area contributed by atoms with Crippen LogP contribution < -0.4 is 16.5 Å². The fraction of sp³-hybridized carbons (Fsp3) is 0. The molecule has 0 radical (unpaired) electrons. The number of carboxylic acid groups (broad SMARTS) is 1. The summed E-state index contributed by atoms with van der Waals surface area (Å²) >= 11 is 0. The number of carbonyl (C=O) groups is 2. The van der Waals surface area contributed by atoms with E-state index in [4.69, 9.17) is 5.90 Å². The number of halogens is 2. The maximum absolute atomic E-state index is 13.2. The lowest BCUT2D eigenvalue weighted by atomic mass is 10.0. The van der Waals surface area contributed by atoms with Crippen LogP contribution in [0.25, 0.3) is 0 Å². The molecule has 0 aliphatic rings. The highest BCUT2D eigenvalue weighted by Crippen LogP contribution is 2.32. The summed E-state index contributed by atoms with van der Waals surface area (Å²) < 4.78 is 26.3. The Morgan fingerprint density at radius 1 is 0.793 bits per heavy atom. The Bertz CT molecular complexity index is 1050. The van der Waals surface area contributed by atoms with Crippen molar-refractivity contribution in [1.29, 1.82) is 0 Å². The summed E-state index contributed by atoms with van der Waals surface area (Å²) in [6, 6.07) is 13.2. The second-order valence-electron chi connectivity index (χ2n) is 5.92. The number of carbonyl (C=O) groups excluding carboxylic acids is 1. The van der Waals surface area contributed by atoms with Crippen molar-refractivity contribution in [3.8, 4) is 0 Å². The number of rotatable bonds is 6. The number of aromatic carboxylic acids is 1. The number of nitrogens with one attached hydrogen (secondary N) is 2. The van der Waals surface area contributed by atoms with Gasteiger partial charge in [0.2, 0.25) is 0 Å². The summed E-state index contributed by atoms with van der Waals surface area (Å²) in [5.41, 5.74) is 0.866. The Morgan fingerprint density at radius 3 is 1.59 bits per heavy atom. The molecule has 0 bridgehead atoms. The van der Waals surface area contributed by atoms with Crippen LogP contribution in [0.4, 0.5) is 31.5 Å². The molecule has 0 aromatic heterocycles. The second kappa shape index (κ2) is 8.36. The van der Waals surface area contributed by atoms with Gasteiger partial charge in [-0.2, -0.15) is 5.90 Å². The molecule has 0 amide bonds. The first kappa shape index (κ1) is 19.8. The van der Waals surface area contributed by atoms with E-state index in [1.54, 1.807) is 0 Å². The molecule has 3 aromatic carbocycles. The van der Waals surface area contributed by atoms with E-state index >= 15 is 0 Å². The lowest BCUT2D eigenvalue weighted by Crippen LogP contribution is -2.16. The van der Waals surface area contributed by atoms with Gasteiger partial charge in [0.1, 0.15) is 11.6 Å². The average molecular weight is 399 g/mol. The Kier molecular flexibility index (Phi) is 5.70. The van der Waals surface area contributed by atoms with E-state index in [1.807, 2.05) is 0 Å². The van der Waals surface area contributed by atoms with Gasteiger partial charge in [0, 0.05) is 11.4 Å². The van der Waals surface area contributed by atoms with Crippen LogP contribution in [-0.2, 0) is 4.84 Å². The van der Waals surface area contributed by atoms with Gasteiger partial charge in [0.25, 0.3) is 0 Å². The standard InChI is InChI=1S/C20H15F2N3O4/c21-11-1-5-13(6-2-11)24-17-9-15(19(26)27)16(20(28)29-23)10-18(17)25-14-7-3-12(22)4-8-14/h1-10,24-25H,23H2,(H,26,27). The van der Waals surface area contributed by atoms with Crippen molar-refractivity contribution < 1.29 is 28.3 Å². The molecule has 5 N–H and O–H groups in total. The lowest BCUT2D eigenvalue weighted by molar-refractivity contribution is 0.0493. The number of nitrogens with two attached hydrogens (primary N) is 1. The van der Waals surface area contributed by atoms with E-state index in [0.29, 0.717) is 11.4 Å². The zero-order chi connectivity index (χ0) is 21.0. The number of hydrogen-bond donors (Lipinski definition) is 4. The number of carboxylic acids is 1. The van der Waals surface area contributed by atoms with Gasteiger partial charge in [-0.25, -0.2) is 18.4 Å². The first-order chi connectivity index (χ1) is 13.9. The van der Waals surface area contributed by atoms with Crippen molar-refractivity contribution >= 4 is 34.7 Å². The fourth-order valence-electron chi connectivity index (χ4n) is 2.59. The van der Waals surface area contributed by atoms with Crippen LogP contribution in [0, 0.1) is 11.6 Å². The Hall–Kier alpha value is -3.98. The molecule has 3 rings (SSSR count). The van der Waals surface area contributed by atoms with Crippen LogP contribution in [0.2, 0.25) is 0 Å². The molecule has 0 saturated heterocycles. The molecule has 0 spiro atoms. The average Bonchev–Trinajstić information content (AvgIpc) is 2.71. The predicted molar refractivity (Wildman–Crippen MR) is 102 cm³/mol. The van der Waals surface area contributed by atoms with E-state index in [2.05, 4.69) is 15.5 Å². The van der Waals surface area contributed by atoms with Crippen molar-refractivity contribution in [2.45, 2.75) is 0 Å². The molecular weight excluding hydrogens is 384 g/mol. The molecule has 29 heavy (non-hydrogen) atoms. The van der Waals surface area contributed by atoms with E-state index < -0.39 is 23.6 Å². The molecule has 7 nitrogen and oxygen atoms in total. The quantitative estimate of drug-likeness (QED) is 0.460. The van der Waals surface area contributed by atoms with E-state index in [0.717, 1.165) is 0 Å². The molecule has 0 saturated carbocycles. The number of anilines is 4. The van der Waals surface area contributed by atoms with Gasteiger partial charge < -0.3 is 20.6 Å². The minimum atomic E-state index is -1.37. The van der Waals surface area contributed by atoms with Gasteiger partial charge in [-0.05, 0) is 60.7 Å².